The van der Waals surface area contributed by atoms with Gasteiger partial charge in [-0.3, -0.25) is 4.79 Å². The van der Waals surface area contributed by atoms with Crippen molar-refractivity contribution in [3.05, 3.63) is 0 Å². The molecule has 0 amide bonds. The molecule has 5 aliphatic rings. The normalized spacial score (nSPS) is 48.4. The predicted octanol–water partition coefficient (Wildman–Crippen LogP) is 7.39. The Morgan fingerprint density at radius 3 is 2.14 bits per heavy atom. The van der Waals surface area contributed by atoms with Crippen LogP contribution in [-0.2, 0) is 19.0 Å². The van der Waals surface area contributed by atoms with Crippen LogP contribution in [0.25, 0.3) is 0 Å². The van der Waals surface area contributed by atoms with Crippen molar-refractivity contribution in [1.82, 2.24) is 0 Å². The van der Waals surface area contributed by atoms with Crippen molar-refractivity contribution < 1.29 is 19.0 Å². The Balaban J connectivity index is 1.36. The van der Waals surface area contributed by atoms with Gasteiger partial charge >= 0.3 is 5.97 Å². The average molecular weight is 489 g/mol. The minimum absolute atomic E-state index is 0.0697. The summed E-state index contributed by atoms with van der Waals surface area (Å²) >= 11 is 0. The maximum Gasteiger partial charge on any atom is 0.302 e. The van der Waals surface area contributed by atoms with Crippen molar-refractivity contribution in [2.75, 3.05) is 14.2 Å². The van der Waals surface area contributed by atoms with Gasteiger partial charge in [0.15, 0.2) is 6.29 Å². The van der Waals surface area contributed by atoms with E-state index in [4.69, 9.17) is 14.2 Å². The second kappa shape index (κ2) is 8.45. The zero-order chi connectivity index (χ0) is 25.4. The zero-order valence-corrected chi connectivity index (χ0v) is 23.9. The van der Waals surface area contributed by atoms with Gasteiger partial charge in [-0.25, -0.2) is 0 Å². The molecule has 0 aliphatic heterocycles. The van der Waals surface area contributed by atoms with Crippen molar-refractivity contribution in [1.29, 1.82) is 0 Å². The van der Waals surface area contributed by atoms with E-state index < -0.39 is 0 Å². The van der Waals surface area contributed by atoms with Crippen LogP contribution in [0.4, 0.5) is 0 Å². The van der Waals surface area contributed by atoms with Gasteiger partial charge in [0.2, 0.25) is 0 Å². The minimum Gasteiger partial charge on any atom is -0.462 e. The van der Waals surface area contributed by atoms with Crippen LogP contribution in [0, 0.1) is 50.7 Å². The largest absolute Gasteiger partial charge is 0.462 e. The highest BCUT2D eigenvalue weighted by Gasteiger charge is 2.82. The van der Waals surface area contributed by atoms with Gasteiger partial charge in [-0.15, -0.1) is 0 Å². The van der Waals surface area contributed by atoms with Crippen molar-refractivity contribution in [3.8, 4) is 0 Å². The van der Waals surface area contributed by atoms with Crippen molar-refractivity contribution >= 4 is 5.97 Å². The lowest BCUT2D eigenvalue weighted by atomic mass is 9.41. The lowest BCUT2D eigenvalue weighted by Crippen LogP contribution is -2.58. The van der Waals surface area contributed by atoms with E-state index in [0.717, 1.165) is 24.7 Å². The van der Waals surface area contributed by atoms with Gasteiger partial charge in [-0.05, 0) is 116 Å². The SMILES string of the molecule is COC(CC[C@@H](C)[C@H]1CC[C@@]2(C)[C@@H]3CC[C@H]4C(C)(C)[C@@H](OC(C)=O)CC[C@@]45C[C@@]35CC[C@]12C)OC. The lowest BCUT2D eigenvalue weighted by Gasteiger charge is -2.63. The summed E-state index contributed by atoms with van der Waals surface area (Å²) in [6, 6.07) is 0. The lowest BCUT2D eigenvalue weighted by molar-refractivity contribution is -0.181. The molecule has 0 N–H and O–H groups in total. The number of rotatable bonds is 7. The summed E-state index contributed by atoms with van der Waals surface area (Å²) in [5, 5.41) is 0. The molecule has 2 spiro atoms. The van der Waals surface area contributed by atoms with Gasteiger partial charge in [-0.1, -0.05) is 34.6 Å². The average Bonchev–Trinajstić information content (AvgIpc) is 3.38. The highest BCUT2D eigenvalue weighted by molar-refractivity contribution is 5.66. The van der Waals surface area contributed by atoms with E-state index in [1.165, 1.54) is 57.8 Å². The number of ether oxygens (including phenoxy) is 3. The van der Waals surface area contributed by atoms with Crippen LogP contribution in [0.1, 0.15) is 112 Å². The Morgan fingerprint density at radius 2 is 1.49 bits per heavy atom. The topological polar surface area (TPSA) is 44.8 Å². The molecule has 5 aliphatic carbocycles. The van der Waals surface area contributed by atoms with Gasteiger partial charge in [0, 0.05) is 26.6 Å². The molecule has 0 aromatic heterocycles. The first kappa shape index (κ1) is 26.0. The first-order chi connectivity index (χ1) is 16.4. The van der Waals surface area contributed by atoms with Gasteiger partial charge in [0.05, 0.1) is 0 Å². The Labute approximate surface area is 214 Å². The molecule has 9 atom stereocenters. The first-order valence-corrected chi connectivity index (χ1v) is 14.6. The summed E-state index contributed by atoms with van der Waals surface area (Å²) < 4.78 is 16.9. The molecule has 0 bridgehead atoms. The summed E-state index contributed by atoms with van der Waals surface area (Å²) in [6.45, 7) is 14.3. The highest BCUT2D eigenvalue weighted by atomic mass is 16.7. The van der Waals surface area contributed by atoms with Crippen LogP contribution in [0.5, 0.6) is 0 Å². The molecule has 0 aromatic rings. The number of hydrogen-bond donors (Lipinski definition) is 0. The molecular weight excluding hydrogens is 436 g/mol. The number of hydrogen-bond acceptors (Lipinski definition) is 4. The van der Waals surface area contributed by atoms with Crippen molar-refractivity contribution in [2.24, 2.45) is 50.7 Å². The van der Waals surface area contributed by atoms with Crippen LogP contribution < -0.4 is 0 Å². The molecule has 4 nitrogen and oxygen atoms in total. The maximum atomic E-state index is 11.8. The second-order valence-electron chi connectivity index (χ2n) is 14.6. The number of esters is 1. The van der Waals surface area contributed by atoms with Gasteiger partial charge in [0.1, 0.15) is 6.10 Å². The summed E-state index contributed by atoms with van der Waals surface area (Å²) in [4.78, 5) is 11.8. The number of fused-ring (bicyclic) bond motifs is 2. The summed E-state index contributed by atoms with van der Waals surface area (Å²) in [7, 11) is 3.52. The van der Waals surface area contributed by atoms with Crippen LogP contribution in [-0.4, -0.2) is 32.6 Å². The Morgan fingerprint density at radius 1 is 0.829 bits per heavy atom. The van der Waals surface area contributed by atoms with E-state index in [0.29, 0.717) is 33.5 Å². The van der Waals surface area contributed by atoms with Crippen LogP contribution in [0.2, 0.25) is 0 Å². The Kier molecular flexibility index (Phi) is 6.28. The van der Waals surface area contributed by atoms with Crippen LogP contribution in [0.3, 0.4) is 0 Å². The number of carbonyl (C=O) groups excluding carboxylic acids is 1. The first-order valence-electron chi connectivity index (χ1n) is 14.6. The standard InChI is InChI=1S/C31H52O4/c1-20(9-12-26(33-7)34-8)22-13-15-29(6)24-11-10-23-27(3,4)25(35-21(2)32)14-16-30(23)19-31(24,30)18-17-28(22,29)5/h20,22-26H,9-19H2,1-8H3/t20-,22-,23+,24+,25+,28-,29+,30-,31+/m1/s1. The van der Waals surface area contributed by atoms with Crippen molar-refractivity contribution in [2.45, 2.75) is 125 Å². The molecule has 0 saturated heterocycles. The monoisotopic (exact) mass is 488 g/mol. The molecule has 35 heavy (non-hydrogen) atoms. The van der Waals surface area contributed by atoms with Crippen LogP contribution >= 0.6 is 0 Å². The fourth-order valence-electron chi connectivity index (χ4n) is 11.6. The maximum absolute atomic E-state index is 11.8. The van der Waals surface area contributed by atoms with Gasteiger partial charge in [-0.2, -0.15) is 0 Å². The molecule has 0 aromatic carbocycles. The second-order valence-corrected chi connectivity index (χ2v) is 14.6. The zero-order valence-electron chi connectivity index (χ0n) is 23.9. The molecule has 5 rings (SSSR count). The summed E-state index contributed by atoms with van der Waals surface area (Å²) in [5.41, 5.74) is 2.05. The minimum atomic E-state index is -0.104. The molecule has 0 radical (unpaired) electrons. The smallest absolute Gasteiger partial charge is 0.302 e. The fraction of sp³-hybridized carbons (Fsp3) is 0.968. The molecule has 5 fully saturated rings. The molecule has 5 saturated carbocycles. The number of methoxy groups -OCH3 is 2. The van der Waals surface area contributed by atoms with E-state index in [9.17, 15) is 4.79 Å². The van der Waals surface area contributed by atoms with Gasteiger partial charge < -0.3 is 14.2 Å². The highest BCUT2D eigenvalue weighted by Crippen LogP contribution is 2.89. The quantitative estimate of drug-likeness (QED) is 0.277. The van der Waals surface area contributed by atoms with E-state index in [2.05, 4.69) is 34.6 Å². The van der Waals surface area contributed by atoms with E-state index in [1.54, 1.807) is 21.1 Å². The van der Waals surface area contributed by atoms with Crippen LogP contribution in [0.15, 0.2) is 0 Å². The summed E-state index contributed by atoms with van der Waals surface area (Å²) in [6.07, 6.45) is 14.3. The molecule has 4 heteroatoms. The van der Waals surface area contributed by atoms with E-state index in [-0.39, 0.29) is 23.8 Å². The van der Waals surface area contributed by atoms with E-state index in [1.807, 2.05) is 0 Å². The Bertz CT molecular complexity index is 834. The molecule has 0 heterocycles. The van der Waals surface area contributed by atoms with Crippen molar-refractivity contribution in [3.63, 3.8) is 0 Å². The van der Waals surface area contributed by atoms with Gasteiger partial charge in [0.25, 0.3) is 0 Å². The predicted molar refractivity (Wildman–Crippen MR) is 139 cm³/mol. The fourth-order valence-corrected chi connectivity index (χ4v) is 11.6. The third-order valence-electron chi connectivity index (χ3n) is 13.5. The molecular formula is C31H52O4. The molecule has 0 unspecified atom stereocenters. The third kappa shape index (κ3) is 3.40. The Hall–Kier alpha value is -0.610. The summed E-state index contributed by atoms with van der Waals surface area (Å²) in [5.74, 6) is 2.99. The molecule has 200 valence electrons. The number of carbonyl (C=O) groups is 1. The third-order valence-corrected chi connectivity index (χ3v) is 13.5. The van der Waals surface area contributed by atoms with E-state index >= 15 is 0 Å².